The first-order valence-electron chi connectivity index (χ1n) is 8.04. The number of methoxy groups -OCH3 is 4. The van der Waals surface area contributed by atoms with Crippen molar-refractivity contribution in [2.24, 2.45) is 0 Å². The van der Waals surface area contributed by atoms with Crippen LogP contribution in [0.15, 0.2) is 36.4 Å². The van der Waals surface area contributed by atoms with E-state index in [0.717, 1.165) is 34.1 Å². The van der Waals surface area contributed by atoms with E-state index in [-0.39, 0.29) is 0 Å². The molecule has 0 heterocycles. The Morgan fingerprint density at radius 2 is 1.15 bits per heavy atom. The quantitative estimate of drug-likeness (QED) is 0.687. The summed E-state index contributed by atoms with van der Waals surface area (Å²) in [4.78, 5) is 0. The van der Waals surface area contributed by atoms with E-state index in [1.165, 1.54) is 0 Å². The van der Waals surface area contributed by atoms with Crippen LogP contribution >= 0.6 is 12.2 Å². The van der Waals surface area contributed by atoms with Gasteiger partial charge in [0.1, 0.15) is 23.0 Å². The normalized spacial score (nSPS) is 10.0. The zero-order valence-corrected chi connectivity index (χ0v) is 16.2. The maximum atomic E-state index is 5.39. The molecule has 0 spiro atoms. The highest BCUT2D eigenvalue weighted by Gasteiger charge is 2.08. The summed E-state index contributed by atoms with van der Waals surface area (Å²) in [6.45, 7) is 1.08. The number of rotatable bonds is 8. The Balaban J connectivity index is 1.92. The fraction of sp³-hybridized carbons (Fsp3) is 0.316. The van der Waals surface area contributed by atoms with Crippen LogP contribution in [0.4, 0.5) is 0 Å². The Hall–Kier alpha value is -2.67. The average molecular weight is 376 g/mol. The predicted octanol–water partition coefficient (Wildman–Crippen LogP) is 2.89. The standard InChI is InChI=1S/C19H24N2O4S/c1-22-15-7-5-13(17(9-15)24-3)11-20-19(26)21-12-14-6-8-16(23-2)10-18(14)25-4/h5-10H,11-12H2,1-4H3,(H2,20,21,26). The summed E-state index contributed by atoms with van der Waals surface area (Å²) < 4.78 is 21.2. The molecule has 140 valence electrons. The molecule has 0 fully saturated rings. The smallest absolute Gasteiger partial charge is 0.166 e. The molecule has 26 heavy (non-hydrogen) atoms. The van der Waals surface area contributed by atoms with Gasteiger partial charge in [0.25, 0.3) is 0 Å². The summed E-state index contributed by atoms with van der Waals surface area (Å²) in [6.07, 6.45) is 0. The molecule has 0 radical (unpaired) electrons. The van der Waals surface area contributed by atoms with Crippen molar-refractivity contribution in [3.05, 3.63) is 47.5 Å². The molecular formula is C19H24N2O4S. The number of hydrogen-bond acceptors (Lipinski definition) is 5. The average Bonchev–Trinajstić information content (AvgIpc) is 2.70. The Kier molecular flexibility index (Phi) is 7.35. The number of nitrogens with one attached hydrogen (secondary N) is 2. The fourth-order valence-corrected chi connectivity index (χ4v) is 2.55. The van der Waals surface area contributed by atoms with Crippen molar-refractivity contribution in [1.82, 2.24) is 10.6 Å². The summed E-state index contributed by atoms with van der Waals surface area (Å²) >= 11 is 5.36. The first-order valence-corrected chi connectivity index (χ1v) is 8.45. The van der Waals surface area contributed by atoms with E-state index in [0.29, 0.717) is 18.2 Å². The van der Waals surface area contributed by atoms with E-state index in [4.69, 9.17) is 31.2 Å². The van der Waals surface area contributed by atoms with Gasteiger partial charge in [0.15, 0.2) is 5.11 Å². The second kappa shape index (κ2) is 9.72. The van der Waals surface area contributed by atoms with Gasteiger partial charge in [-0.15, -0.1) is 0 Å². The summed E-state index contributed by atoms with van der Waals surface area (Å²) in [7, 11) is 6.51. The minimum Gasteiger partial charge on any atom is -0.497 e. The summed E-state index contributed by atoms with van der Waals surface area (Å²) in [5.41, 5.74) is 1.97. The van der Waals surface area contributed by atoms with Crippen molar-refractivity contribution in [2.75, 3.05) is 28.4 Å². The number of thiocarbonyl (C=S) groups is 1. The van der Waals surface area contributed by atoms with E-state index in [9.17, 15) is 0 Å². The zero-order valence-electron chi connectivity index (χ0n) is 15.4. The molecule has 2 aromatic carbocycles. The third-order valence-corrected chi connectivity index (χ3v) is 4.16. The van der Waals surface area contributed by atoms with E-state index in [1.54, 1.807) is 28.4 Å². The van der Waals surface area contributed by atoms with Crippen molar-refractivity contribution in [2.45, 2.75) is 13.1 Å². The van der Waals surface area contributed by atoms with E-state index < -0.39 is 0 Å². The van der Waals surface area contributed by atoms with Crippen LogP contribution in [0, 0.1) is 0 Å². The molecule has 0 unspecified atom stereocenters. The van der Waals surface area contributed by atoms with Crippen LogP contribution in [0.3, 0.4) is 0 Å². The Morgan fingerprint density at radius 3 is 1.50 bits per heavy atom. The van der Waals surface area contributed by atoms with Crippen LogP contribution in [0.1, 0.15) is 11.1 Å². The van der Waals surface area contributed by atoms with Crippen molar-refractivity contribution in [3.63, 3.8) is 0 Å². The SMILES string of the molecule is COc1ccc(CNC(=S)NCc2ccc(OC)cc2OC)c(OC)c1. The van der Waals surface area contributed by atoms with Gasteiger partial charge < -0.3 is 29.6 Å². The Morgan fingerprint density at radius 1 is 0.731 bits per heavy atom. The van der Waals surface area contributed by atoms with E-state index in [1.807, 2.05) is 36.4 Å². The molecule has 0 aromatic heterocycles. The lowest BCUT2D eigenvalue weighted by Gasteiger charge is -2.15. The maximum absolute atomic E-state index is 5.39. The molecule has 0 aliphatic carbocycles. The molecule has 2 rings (SSSR count). The van der Waals surface area contributed by atoms with Gasteiger partial charge in [-0.1, -0.05) is 0 Å². The number of benzene rings is 2. The van der Waals surface area contributed by atoms with Crippen LogP contribution in [0.2, 0.25) is 0 Å². The molecular weight excluding hydrogens is 352 g/mol. The highest BCUT2D eigenvalue weighted by molar-refractivity contribution is 7.80. The van der Waals surface area contributed by atoms with Gasteiger partial charge in [0, 0.05) is 36.3 Å². The van der Waals surface area contributed by atoms with Crippen LogP contribution in [-0.4, -0.2) is 33.6 Å². The van der Waals surface area contributed by atoms with Gasteiger partial charge >= 0.3 is 0 Å². The molecule has 0 bridgehead atoms. The fourth-order valence-electron chi connectivity index (χ4n) is 2.41. The topological polar surface area (TPSA) is 61.0 Å². The maximum Gasteiger partial charge on any atom is 0.166 e. The largest absolute Gasteiger partial charge is 0.497 e. The van der Waals surface area contributed by atoms with Crippen LogP contribution in [-0.2, 0) is 13.1 Å². The van der Waals surface area contributed by atoms with Crippen LogP contribution in [0.5, 0.6) is 23.0 Å². The van der Waals surface area contributed by atoms with Crippen molar-refractivity contribution >= 4 is 17.3 Å². The third-order valence-electron chi connectivity index (χ3n) is 3.87. The number of ether oxygens (including phenoxy) is 4. The summed E-state index contributed by atoms with van der Waals surface area (Å²) in [6, 6.07) is 11.3. The van der Waals surface area contributed by atoms with Gasteiger partial charge in [-0.05, 0) is 36.5 Å². The van der Waals surface area contributed by atoms with Gasteiger partial charge in [-0.25, -0.2) is 0 Å². The number of hydrogen-bond donors (Lipinski definition) is 2. The van der Waals surface area contributed by atoms with Gasteiger partial charge in [0.05, 0.1) is 28.4 Å². The molecule has 0 aliphatic heterocycles. The first-order chi connectivity index (χ1) is 12.6. The van der Waals surface area contributed by atoms with Gasteiger partial charge in [-0.3, -0.25) is 0 Å². The van der Waals surface area contributed by atoms with E-state index in [2.05, 4.69) is 10.6 Å². The molecule has 0 saturated carbocycles. The lowest BCUT2D eigenvalue weighted by Crippen LogP contribution is -2.34. The molecule has 0 aliphatic rings. The summed E-state index contributed by atoms with van der Waals surface area (Å²) in [5, 5.41) is 6.89. The predicted molar refractivity (Wildman–Crippen MR) is 105 cm³/mol. The Bertz CT molecular complexity index is 691. The van der Waals surface area contributed by atoms with Crippen LogP contribution < -0.4 is 29.6 Å². The molecule has 0 saturated heterocycles. The molecule has 0 amide bonds. The minimum atomic E-state index is 0.540. The first kappa shape index (κ1) is 19.7. The highest BCUT2D eigenvalue weighted by Crippen LogP contribution is 2.25. The molecule has 0 atom stereocenters. The van der Waals surface area contributed by atoms with Crippen molar-refractivity contribution in [1.29, 1.82) is 0 Å². The van der Waals surface area contributed by atoms with Gasteiger partial charge in [0.2, 0.25) is 0 Å². The zero-order chi connectivity index (χ0) is 18.9. The minimum absolute atomic E-state index is 0.540. The molecule has 7 heteroatoms. The lowest BCUT2D eigenvalue weighted by atomic mass is 10.2. The molecule has 2 aromatic rings. The molecule has 2 N–H and O–H groups in total. The van der Waals surface area contributed by atoms with Crippen molar-refractivity contribution < 1.29 is 18.9 Å². The molecule has 6 nitrogen and oxygen atoms in total. The van der Waals surface area contributed by atoms with Crippen molar-refractivity contribution in [3.8, 4) is 23.0 Å². The lowest BCUT2D eigenvalue weighted by molar-refractivity contribution is 0.390. The van der Waals surface area contributed by atoms with Gasteiger partial charge in [-0.2, -0.15) is 0 Å². The second-order valence-electron chi connectivity index (χ2n) is 5.39. The summed E-state index contributed by atoms with van der Waals surface area (Å²) in [5.74, 6) is 2.99. The van der Waals surface area contributed by atoms with E-state index >= 15 is 0 Å². The monoisotopic (exact) mass is 376 g/mol. The highest BCUT2D eigenvalue weighted by atomic mass is 32.1. The van der Waals surface area contributed by atoms with Crippen LogP contribution in [0.25, 0.3) is 0 Å². The Labute approximate surface area is 159 Å². The second-order valence-corrected chi connectivity index (χ2v) is 5.80. The third kappa shape index (κ3) is 5.16.